The Morgan fingerprint density at radius 2 is 1.81 bits per heavy atom. The van der Waals surface area contributed by atoms with Crippen LogP contribution in [-0.2, 0) is 0 Å². The number of esters is 1. The molecule has 6 nitrogen and oxygen atoms in total. The van der Waals surface area contributed by atoms with Crippen molar-refractivity contribution in [3.8, 4) is 11.5 Å². The molecule has 5 rings (SSSR count). The zero-order valence-electron chi connectivity index (χ0n) is 17.4. The van der Waals surface area contributed by atoms with Gasteiger partial charge in [-0.2, -0.15) is 0 Å². The standard InChI is InChI=1S/C25H18N2O4S/c1-15-7-10-17(11-8-15)24(29)31-21-13-16(9-12-20(21)30-2)14-22-23(28)27-19-6-4-3-5-18(19)26-25(27)32-22/h3-14H,1-2H3. The van der Waals surface area contributed by atoms with Gasteiger partial charge in [0.1, 0.15) is 0 Å². The fourth-order valence-electron chi connectivity index (χ4n) is 3.47. The molecule has 0 spiro atoms. The molecule has 158 valence electrons. The Morgan fingerprint density at radius 1 is 1.03 bits per heavy atom. The fraction of sp³-hybridized carbons (Fsp3) is 0.0800. The Labute approximate surface area is 187 Å². The van der Waals surface area contributed by atoms with E-state index in [-0.39, 0.29) is 11.3 Å². The van der Waals surface area contributed by atoms with Crippen LogP contribution >= 0.6 is 11.3 Å². The second kappa shape index (κ2) is 7.94. The van der Waals surface area contributed by atoms with Crippen molar-refractivity contribution in [3.63, 3.8) is 0 Å². The van der Waals surface area contributed by atoms with Crippen LogP contribution in [0.5, 0.6) is 11.5 Å². The maximum Gasteiger partial charge on any atom is 0.343 e. The molecule has 0 fully saturated rings. The van der Waals surface area contributed by atoms with Crippen LogP contribution in [0.4, 0.5) is 0 Å². The molecule has 0 aliphatic rings. The van der Waals surface area contributed by atoms with Gasteiger partial charge in [0.25, 0.3) is 5.56 Å². The number of benzene rings is 3. The lowest BCUT2D eigenvalue weighted by Crippen LogP contribution is -2.22. The van der Waals surface area contributed by atoms with Gasteiger partial charge in [0.05, 0.1) is 28.2 Å². The van der Waals surface area contributed by atoms with Crippen LogP contribution < -0.4 is 19.6 Å². The zero-order chi connectivity index (χ0) is 22.2. The predicted molar refractivity (Wildman–Crippen MR) is 125 cm³/mol. The minimum Gasteiger partial charge on any atom is -0.493 e. The summed E-state index contributed by atoms with van der Waals surface area (Å²) in [7, 11) is 1.51. The number of methoxy groups -OCH3 is 1. The third kappa shape index (κ3) is 3.52. The molecule has 0 unspecified atom stereocenters. The Bertz CT molecular complexity index is 1580. The lowest BCUT2D eigenvalue weighted by atomic mass is 10.1. The van der Waals surface area contributed by atoms with Crippen molar-refractivity contribution in [2.24, 2.45) is 0 Å². The first-order valence-corrected chi connectivity index (χ1v) is 10.7. The van der Waals surface area contributed by atoms with Gasteiger partial charge in [0.2, 0.25) is 0 Å². The van der Waals surface area contributed by atoms with Gasteiger partial charge >= 0.3 is 5.97 Å². The van der Waals surface area contributed by atoms with Gasteiger partial charge in [0.15, 0.2) is 16.5 Å². The van der Waals surface area contributed by atoms with Crippen molar-refractivity contribution >= 4 is 39.4 Å². The molecular formula is C25H18N2O4S. The van der Waals surface area contributed by atoms with E-state index in [0.29, 0.717) is 26.4 Å². The van der Waals surface area contributed by atoms with Crippen LogP contribution in [0.25, 0.3) is 22.1 Å². The van der Waals surface area contributed by atoms with Crippen molar-refractivity contribution in [1.82, 2.24) is 9.38 Å². The fourth-order valence-corrected chi connectivity index (χ4v) is 4.46. The highest BCUT2D eigenvalue weighted by Crippen LogP contribution is 2.29. The van der Waals surface area contributed by atoms with E-state index in [1.54, 1.807) is 34.7 Å². The molecule has 0 bridgehead atoms. The van der Waals surface area contributed by atoms with Gasteiger partial charge in [-0.15, -0.1) is 0 Å². The third-order valence-corrected chi connectivity index (χ3v) is 6.09. The van der Waals surface area contributed by atoms with Crippen LogP contribution in [0.3, 0.4) is 0 Å². The molecular weight excluding hydrogens is 424 g/mol. The number of carbonyl (C=O) groups is 1. The first-order valence-electron chi connectivity index (χ1n) is 9.92. The van der Waals surface area contributed by atoms with Crippen molar-refractivity contribution in [3.05, 3.63) is 98.3 Å². The average Bonchev–Trinajstić information content (AvgIpc) is 3.30. The molecule has 0 aliphatic heterocycles. The summed E-state index contributed by atoms with van der Waals surface area (Å²) in [5.74, 6) is 0.231. The molecule has 0 saturated heterocycles. The number of imidazole rings is 1. The monoisotopic (exact) mass is 442 g/mol. The number of ether oxygens (including phenoxy) is 2. The second-order valence-corrected chi connectivity index (χ2v) is 8.31. The Balaban J connectivity index is 1.54. The number of aromatic nitrogens is 2. The summed E-state index contributed by atoms with van der Waals surface area (Å²) in [6.07, 6.45) is 1.76. The lowest BCUT2D eigenvalue weighted by Gasteiger charge is -2.10. The smallest absolute Gasteiger partial charge is 0.343 e. The highest BCUT2D eigenvalue weighted by molar-refractivity contribution is 7.15. The van der Waals surface area contributed by atoms with Crippen molar-refractivity contribution in [2.45, 2.75) is 6.92 Å². The Morgan fingerprint density at radius 3 is 2.59 bits per heavy atom. The number of carbonyl (C=O) groups excluding carboxylic acids is 1. The Kier molecular flexibility index (Phi) is 4.95. The second-order valence-electron chi connectivity index (χ2n) is 7.30. The van der Waals surface area contributed by atoms with Crippen LogP contribution in [-0.4, -0.2) is 22.5 Å². The summed E-state index contributed by atoms with van der Waals surface area (Å²) in [4.78, 5) is 30.8. The topological polar surface area (TPSA) is 69.9 Å². The summed E-state index contributed by atoms with van der Waals surface area (Å²) in [5.41, 5.74) is 3.65. The molecule has 7 heteroatoms. The molecule has 2 heterocycles. The maximum absolute atomic E-state index is 13.0. The van der Waals surface area contributed by atoms with E-state index < -0.39 is 5.97 Å². The van der Waals surface area contributed by atoms with Gasteiger partial charge in [-0.3, -0.25) is 4.79 Å². The van der Waals surface area contributed by atoms with Crippen molar-refractivity contribution in [2.75, 3.05) is 7.11 Å². The number of para-hydroxylation sites is 2. The van der Waals surface area contributed by atoms with E-state index in [0.717, 1.165) is 16.6 Å². The molecule has 5 aromatic rings. The number of nitrogens with zero attached hydrogens (tertiary/aromatic N) is 2. The van der Waals surface area contributed by atoms with E-state index in [4.69, 9.17) is 9.47 Å². The molecule has 0 radical (unpaired) electrons. The van der Waals surface area contributed by atoms with E-state index in [9.17, 15) is 9.59 Å². The first kappa shape index (κ1) is 20.0. The number of fused-ring (bicyclic) bond motifs is 3. The molecule has 0 atom stereocenters. The maximum atomic E-state index is 13.0. The van der Waals surface area contributed by atoms with Gasteiger partial charge in [-0.25, -0.2) is 14.2 Å². The highest BCUT2D eigenvalue weighted by Gasteiger charge is 2.14. The minimum atomic E-state index is -0.481. The number of rotatable bonds is 4. The van der Waals surface area contributed by atoms with Crippen LogP contribution in [0.15, 0.2) is 71.5 Å². The number of thiazole rings is 1. The Hall–Kier alpha value is -3.97. The number of hydrogen-bond acceptors (Lipinski definition) is 6. The summed E-state index contributed by atoms with van der Waals surface area (Å²) in [6.45, 7) is 1.95. The molecule has 0 amide bonds. The first-order chi connectivity index (χ1) is 15.5. The van der Waals surface area contributed by atoms with Crippen LogP contribution in [0.1, 0.15) is 21.5 Å². The van der Waals surface area contributed by atoms with E-state index in [2.05, 4.69) is 4.98 Å². The minimum absolute atomic E-state index is 0.132. The molecule has 0 N–H and O–H groups in total. The van der Waals surface area contributed by atoms with E-state index >= 15 is 0 Å². The quantitative estimate of drug-likeness (QED) is 0.311. The van der Waals surface area contributed by atoms with Gasteiger partial charge in [-0.05, 0) is 55.0 Å². The van der Waals surface area contributed by atoms with Crippen LogP contribution in [0.2, 0.25) is 0 Å². The van der Waals surface area contributed by atoms with E-state index in [1.165, 1.54) is 18.4 Å². The average molecular weight is 442 g/mol. The highest BCUT2D eigenvalue weighted by atomic mass is 32.1. The van der Waals surface area contributed by atoms with E-state index in [1.807, 2.05) is 49.4 Å². The third-order valence-electron chi connectivity index (χ3n) is 5.12. The zero-order valence-corrected chi connectivity index (χ0v) is 18.2. The SMILES string of the molecule is COc1ccc(C=c2sc3nc4ccccc4n3c2=O)cc1OC(=O)c1ccc(C)cc1. The summed E-state index contributed by atoms with van der Waals surface area (Å²) in [5, 5.41) is 0. The normalized spacial score (nSPS) is 11.9. The number of aryl methyl sites for hydroxylation is 1. The molecule has 2 aromatic heterocycles. The number of hydrogen-bond donors (Lipinski definition) is 0. The largest absolute Gasteiger partial charge is 0.493 e. The molecule has 0 aliphatic carbocycles. The van der Waals surface area contributed by atoms with Crippen molar-refractivity contribution in [1.29, 1.82) is 0 Å². The summed E-state index contributed by atoms with van der Waals surface area (Å²) < 4.78 is 13.1. The molecule has 0 saturated carbocycles. The molecule has 3 aromatic carbocycles. The van der Waals surface area contributed by atoms with Crippen LogP contribution in [0, 0.1) is 6.92 Å². The van der Waals surface area contributed by atoms with Gasteiger partial charge in [0, 0.05) is 0 Å². The van der Waals surface area contributed by atoms with Gasteiger partial charge < -0.3 is 9.47 Å². The van der Waals surface area contributed by atoms with Crippen molar-refractivity contribution < 1.29 is 14.3 Å². The lowest BCUT2D eigenvalue weighted by molar-refractivity contribution is 0.0729. The summed E-state index contributed by atoms with van der Waals surface area (Å²) >= 11 is 1.32. The van der Waals surface area contributed by atoms with Gasteiger partial charge in [-0.1, -0.05) is 47.2 Å². The summed E-state index contributed by atoms with van der Waals surface area (Å²) in [6, 6.07) is 19.9. The molecule has 32 heavy (non-hydrogen) atoms. The predicted octanol–water partition coefficient (Wildman–Crippen LogP) is 3.99.